The highest BCUT2D eigenvalue weighted by Crippen LogP contribution is 1.71. The number of hydrogen-bond donors (Lipinski definition) is 3. The van der Waals surface area contributed by atoms with Crippen molar-refractivity contribution in [3.05, 3.63) is 12.4 Å². The quantitative estimate of drug-likeness (QED) is 0.425. The van der Waals surface area contributed by atoms with Crippen molar-refractivity contribution >= 4 is 5.71 Å². The maximum Gasteiger partial charge on any atom is 0.0371 e. The minimum Gasteiger partial charge on any atom is -0.327 e. The van der Waals surface area contributed by atoms with Gasteiger partial charge in [-0.05, 0) is 27.7 Å². The largest absolute Gasteiger partial charge is 0.327 e. The normalized spacial score (nSPS) is 10.4. The fourth-order valence-corrected chi connectivity index (χ4v) is 0.460. The molecule has 12 heavy (non-hydrogen) atoms. The Hall–Kier alpha value is -1.03. The molecule has 0 aromatic carbocycles. The van der Waals surface area contributed by atoms with Crippen molar-refractivity contribution in [3.63, 3.8) is 0 Å². The van der Waals surface area contributed by atoms with E-state index in [4.69, 9.17) is 0 Å². The monoisotopic (exact) mass is 170 g/mol. The Balaban J connectivity index is 3.32. The maximum absolute atomic E-state index is 3.95. The fraction of sp³-hybridized carbons (Fsp3) is 0.625. The molecule has 0 aliphatic carbocycles. The summed E-state index contributed by atoms with van der Waals surface area (Å²) in [5.41, 5.74) is 9.66. The Morgan fingerprint density at radius 3 is 2.42 bits per heavy atom. The molecule has 0 aliphatic heterocycles. The molecule has 0 spiro atoms. The molecule has 0 atom stereocenters. The van der Waals surface area contributed by atoms with Crippen molar-refractivity contribution in [1.29, 1.82) is 0 Å². The van der Waals surface area contributed by atoms with Gasteiger partial charge >= 0.3 is 0 Å². The second kappa shape index (κ2) is 6.67. The van der Waals surface area contributed by atoms with Gasteiger partial charge in [0.25, 0.3) is 0 Å². The lowest BCUT2D eigenvalue weighted by molar-refractivity contribution is 0.537. The lowest BCUT2D eigenvalue weighted by atomic mass is 10.4. The highest BCUT2D eigenvalue weighted by Gasteiger charge is 1.83. The second-order valence-electron chi connectivity index (χ2n) is 2.96. The van der Waals surface area contributed by atoms with E-state index < -0.39 is 0 Å². The summed E-state index contributed by atoms with van der Waals surface area (Å²) in [7, 11) is 0. The van der Waals surface area contributed by atoms with E-state index in [1.165, 1.54) is 0 Å². The summed E-state index contributed by atoms with van der Waals surface area (Å²) in [6, 6.07) is 0.422. The SMILES string of the molecule is CC(C)=NNC=CNNC(C)C. The van der Waals surface area contributed by atoms with Gasteiger partial charge in [0.15, 0.2) is 0 Å². The molecule has 0 aromatic rings. The lowest BCUT2D eigenvalue weighted by Gasteiger charge is -2.05. The van der Waals surface area contributed by atoms with Crippen molar-refractivity contribution in [1.82, 2.24) is 16.3 Å². The molecule has 0 rings (SSSR count). The summed E-state index contributed by atoms with van der Waals surface area (Å²) < 4.78 is 0. The van der Waals surface area contributed by atoms with Crippen LogP contribution >= 0.6 is 0 Å². The summed E-state index contributed by atoms with van der Waals surface area (Å²) in [5, 5.41) is 3.95. The van der Waals surface area contributed by atoms with Crippen molar-refractivity contribution in [3.8, 4) is 0 Å². The predicted octanol–water partition coefficient (Wildman–Crippen LogP) is 0.946. The van der Waals surface area contributed by atoms with E-state index in [1.807, 2.05) is 13.8 Å². The minimum absolute atomic E-state index is 0.422. The van der Waals surface area contributed by atoms with Gasteiger partial charge in [0.05, 0.1) is 0 Å². The van der Waals surface area contributed by atoms with Crippen LogP contribution in [0.1, 0.15) is 27.7 Å². The molecule has 0 saturated heterocycles. The van der Waals surface area contributed by atoms with Gasteiger partial charge in [-0.15, -0.1) is 0 Å². The molecule has 0 radical (unpaired) electrons. The molecular formula is C8H18N4. The first kappa shape index (κ1) is 11.0. The summed E-state index contributed by atoms with van der Waals surface area (Å²) >= 11 is 0. The third-order valence-corrected chi connectivity index (χ3v) is 0.901. The average Bonchev–Trinajstić information content (AvgIpc) is 1.95. The van der Waals surface area contributed by atoms with Gasteiger partial charge in [-0.3, -0.25) is 5.43 Å². The van der Waals surface area contributed by atoms with E-state index in [2.05, 4.69) is 35.2 Å². The summed E-state index contributed by atoms with van der Waals surface area (Å²) in [6.07, 6.45) is 3.48. The van der Waals surface area contributed by atoms with E-state index in [1.54, 1.807) is 12.4 Å². The molecule has 70 valence electrons. The van der Waals surface area contributed by atoms with E-state index in [9.17, 15) is 0 Å². The number of hydrazone groups is 1. The zero-order valence-electron chi connectivity index (χ0n) is 8.18. The Morgan fingerprint density at radius 1 is 1.25 bits per heavy atom. The van der Waals surface area contributed by atoms with Gasteiger partial charge in [-0.1, -0.05) is 0 Å². The van der Waals surface area contributed by atoms with Crippen LogP contribution in [0, 0.1) is 0 Å². The molecule has 0 aromatic heterocycles. The van der Waals surface area contributed by atoms with Gasteiger partial charge in [0.1, 0.15) is 0 Å². The molecule has 3 N–H and O–H groups in total. The zero-order valence-corrected chi connectivity index (χ0v) is 8.18. The van der Waals surface area contributed by atoms with Crippen molar-refractivity contribution in [2.75, 3.05) is 0 Å². The molecule has 0 unspecified atom stereocenters. The lowest BCUT2D eigenvalue weighted by Crippen LogP contribution is -2.33. The third kappa shape index (κ3) is 8.97. The Labute approximate surface area is 74.1 Å². The molecule has 0 aliphatic rings. The van der Waals surface area contributed by atoms with Crippen LogP contribution in [0.4, 0.5) is 0 Å². The van der Waals surface area contributed by atoms with Gasteiger partial charge in [0, 0.05) is 24.2 Å². The Morgan fingerprint density at radius 2 is 1.92 bits per heavy atom. The molecule has 4 nitrogen and oxygen atoms in total. The highest BCUT2D eigenvalue weighted by molar-refractivity contribution is 5.78. The third-order valence-electron chi connectivity index (χ3n) is 0.901. The van der Waals surface area contributed by atoms with Crippen LogP contribution in [0.5, 0.6) is 0 Å². The molecule has 0 saturated carbocycles. The minimum atomic E-state index is 0.422. The zero-order chi connectivity index (χ0) is 9.40. The summed E-state index contributed by atoms with van der Waals surface area (Å²) in [5.74, 6) is 0. The average molecular weight is 170 g/mol. The second-order valence-corrected chi connectivity index (χ2v) is 2.96. The Kier molecular flexibility index (Phi) is 6.09. The van der Waals surface area contributed by atoms with Gasteiger partial charge in [-0.2, -0.15) is 5.10 Å². The van der Waals surface area contributed by atoms with Crippen LogP contribution in [0.3, 0.4) is 0 Å². The first-order valence-corrected chi connectivity index (χ1v) is 4.05. The van der Waals surface area contributed by atoms with Crippen molar-refractivity contribution in [2.45, 2.75) is 33.7 Å². The van der Waals surface area contributed by atoms with Crippen LogP contribution in [-0.2, 0) is 0 Å². The van der Waals surface area contributed by atoms with Crippen LogP contribution < -0.4 is 16.3 Å². The first-order chi connectivity index (χ1) is 5.63. The van der Waals surface area contributed by atoms with Gasteiger partial charge in [0.2, 0.25) is 0 Å². The van der Waals surface area contributed by atoms with Crippen molar-refractivity contribution < 1.29 is 0 Å². The highest BCUT2D eigenvalue weighted by atomic mass is 15.4. The van der Waals surface area contributed by atoms with Crippen LogP contribution in [-0.4, -0.2) is 11.8 Å². The van der Waals surface area contributed by atoms with E-state index in [-0.39, 0.29) is 0 Å². The summed E-state index contributed by atoms with van der Waals surface area (Å²) in [6.45, 7) is 7.98. The maximum atomic E-state index is 3.95. The number of hydrogen-bond acceptors (Lipinski definition) is 4. The molecule has 0 amide bonds. The molecule has 0 fully saturated rings. The van der Waals surface area contributed by atoms with E-state index in [0.29, 0.717) is 6.04 Å². The molecule has 0 bridgehead atoms. The number of hydrazine groups is 1. The van der Waals surface area contributed by atoms with E-state index in [0.717, 1.165) is 5.71 Å². The Bertz CT molecular complexity index is 156. The predicted molar refractivity (Wildman–Crippen MR) is 52.5 cm³/mol. The fourth-order valence-electron chi connectivity index (χ4n) is 0.460. The number of nitrogens with zero attached hydrogens (tertiary/aromatic N) is 1. The van der Waals surface area contributed by atoms with Crippen LogP contribution in [0.15, 0.2) is 17.5 Å². The van der Waals surface area contributed by atoms with E-state index >= 15 is 0 Å². The van der Waals surface area contributed by atoms with Crippen molar-refractivity contribution in [2.24, 2.45) is 5.10 Å². The molecule has 4 heteroatoms. The topological polar surface area (TPSA) is 48.5 Å². The molecular weight excluding hydrogens is 152 g/mol. The summed E-state index contributed by atoms with van der Waals surface area (Å²) in [4.78, 5) is 0. The number of nitrogens with one attached hydrogen (secondary N) is 3. The van der Waals surface area contributed by atoms with Crippen LogP contribution in [0.25, 0.3) is 0 Å². The van der Waals surface area contributed by atoms with Gasteiger partial charge in [-0.25, -0.2) is 5.43 Å². The first-order valence-electron chi connectivity index (χ1n) is 4.05. The van der Waals surface area contributed by atoms with Crippen LogP contribution in [0.2, 0.25) is 0 Å². The standard InChI is InChI=1S/C8H18N4/c1-7(2)11-9-5-6-10-12-8(3)4/h5-7,9-11H,1-4H3. The van der Waals surface area contributed by atoms with Gasteiger partial charge < -0.3 is 5.43 Å². The number of rotatable bonds is 5. The molecule has 0 heterocycles. The smallest absolute Gasteiger partial charge is 0.0371 e.